The van der Waals surface area contributed by atoms with Gasteiger partial charge < -0.3 is 15.2 Å². The SMILES string of the molecule is CCCn1cnnc1CNC(=O)C[C@H]1C(=O)NCCN1Cc1ccccc1. The molecule has 3 rings (SSSR count). The molecule has 2 aromatic rings. The third kappa shape index (κ3) is 5.13. The van der Waals surface area contributed by atoms with E-state index in [4.69, 9.17) is 0 Å². The maximum atomic E-state index is 12.4. The summed E-state index contributed by atoms with van der Waals surface area (Å²) in [6.07, 6.45) is 2.76. The van der Waals surface area contributed by atoms with E-state index >= 15 is 0 Å². The third-order valence-corrected chi connectivity index (χ3v) is 4.65. The Bertz CT molecular complexity index is 761. The van der Waals surface area contributed by atoms with E-state index in [-0.39, 0.29) is 18.2 Å². The van der Waals surface area contributed by atoms with Gasteiger partial charge in [-0.2, -0.15) is 0 Å². The van der Waals surface area contributed by atoms with Crippen LogP contribution in [-0.2, 0) is 29.2 Å². The van der Waals surface area contributed by atoms with Gasteiger partial charge in [0.2, 0.25) is 11.8 Å². The molecule has 1 aromatic heterocycles. The number of aryl methyl sites for hydroxylation is 1. The van der Waals surface area contributed by atoms with Crippen LogP contribution in [0.1, 0.15) is 31.2 Å². The minimum atomic E-state index is -0.465. The normalized spacial score (nSPS) is 17.5. The van der Waals surface area contributed by atoms with E-state index < -0.39 is 6.04 Å². The van der Waals surface area contributed by atoms with Crippen LogP contribution in [0.4, 0.5) is 0 Å². The number of hydrogen-bond donors (Lipinski definition) is 2. The number of carbonyl (C=O) groups excluding carboxylic acids is 2. The van der Waals surface area contributed by atoms with E-state index in [1.165, 1.54) is 0 Å². The largest absolute Gasteiger partial charge is 0.353 e. The molecule has 2 heterocycles. The van der Waals surface area contributed by atoms with E-state index in [1.54, 1.807) is 6.33 Å². The van der Waals surface area contributed by atoms with Crippen LogP contribution in [0.15, 0.2) is 36.7 Å². The highest BCUT2D eigenvalue weighted by Gasteiger charge is 2.31. The van der Waals surface area contributed by atoms with Crippen molar-refractivity contribution < 1.29 is 9.59 Å². The highest BCUT2D eigenvalue weighted by Crippen LogP contribution is 2.14. The minimum absolute atomic E-state index is 0.0959. The van der Waals surface area contributed by atoms with Crippen LogP contribution < -0.4 is 10.6 Å². The molecule has 1 aliphatic heterocycles. The van der Waals surface area contributed by atoms with Crippen LogP contribution in [0.3, 0.4) is 0 Å². The average molecular weight is 370 g/mol. The van der Waals surface area contributed by atoms with Gasteiger partial charge in [-0.25, -0.2) is 0 Å². The van der Waals surface area contributed by atoms with Crippen molar-refractivity contribution in [1.82, 2.24) is 30.3 Å². The molecule has 8 heteroatoms. The lowest BCUT2D eigenvalue weighted by atomic mass is 10.1. The summed E-state index contributed by atoms with van der Waals surface area (Å²) >= 11 is 0. The first kappa shape index (κ1) is 19.0. The molecule has 1 atom stereocenters. The Balaban J connectivity index is 1.58. The summed E-state index contributed by atoms with van der Waals surface area (Å²) in [5, 5.41) is 13.7. The van der Waals surface area contributed by atoms with Crippen molar-refractivity contribution in [3.63, 3.8) is 0 Å². The Morgan fingerprint density at radius 2 is 2.15 bits per heavy atom. The molecule has 1 saturated heterocycles. The van der Waals surface area contributed by atoms with Crippen molar-refractivity contribution in [3.8, 4) is 0 Å². The average Bonchev–Trinajstić information content (AvgIpc) is 3.11. The van der Waals surface area contributed by atoms with Crippen LogP contribution in [0.25, 0.3) is 0 Å². The maximum Gasteiger partial charge on any atom is 0.237 e. The molecule has 0 spiro atoms. The van der Waals surface area contributed by atoms with Crippen molar-refractivity contribution in [2.75, 3.05) is 13.1 Å². The predicted octanol–water partition coefficient (Wildman–Crippen LogP) is 0.695. The molecular formula is C19H26N6O2. The van der Waals surface area contributed by atoms with Gasteiger partial charge in [0, 0.05) is 26.2 Å². The summed E-state index contributed by atoms with van der Waals surface area (Å²) < 4.78 is 1.93. The zero-order chi connectivity index (χ0) is 19.1. The van der Waals surface area contributed by atoms with Crippen LogP contribution in [0.2, 0.25) is 0 Å². The van der Waals surface area contributed by atoms with Crippen LogP contribution in [-0.4, -0.2) is 50.6 Å². The van der Waals surface area contributed by atoms with Crippen molar-refractivity contribution in [1.29, 1.82) is 0 Å². The number of amides is 2. The molecule has 1 aliphatic rings. The van der Waals surface area contributed by atoms with Gasteiger partial charge in [0.15, 0.2) is 5.82 Å². The zero-order valence-electron chi connectivity index (χ0n) is 15.6. The second kappa shape index (κ2) is 9.27. The molecule has 144 valence electrons. The van der Waals surface area contributed by atoms with E-state index in [2.05, 4.69) is 32.7 Å². The summed E-state index contributed by atoms with van der Waals surface area (Å²) in [6, 6.07) is 9.52. The first-order valence-corrected chi connectivity index (χ1v) is 9.36. The molecule has 0 aliphatic carbocycles. The second-order valence-electron chi connectivity index (χ2n) is 6.68. The van der Waals surface area contributed by atoms with E-state index in [0.29, 0.717) is 19.6 Å². The number of nitrogens with one attached hydrogen (secondary N) is 2. The highest BCUT2D eigenvalue weighted by atomic mass is 16.2. The lowest BCUT2D eigenvalue weighted by Gasteiger charge is -2.34. The first-order chi connectivity index (χ1) is 13.2. The Kier molecular flexibility index (Phi) is 6.54. The van der Waals surface area contributed by atoms with Gasteiger partial charge in [-0.1, -0.05) is 37.3 Å². The first-order valence-electron chi connectivity index (χ1n) is 9.36. The number of hydrogen-bond acceptors (Lipinski definition) is 5. The van der Waals surface area contributed by atoms with Crippen molar-refractivity contribution in [2.24, 2.45) is 0 Å². The highest BCUT2D eigenvalue weighted by molar-refractivity contribution is 5.88. The summed E-state index contributed by atoms with van der Waals surface area (Å²) in [4.78, 5) is 26.9. The van der Waals surface area contributed by atoms with Gasteiger partial charge in [0.25, 0.3) is 0 Å². The van der Waals surface area contributed by atoms with Crippen molar-refractivity contribution in [3.05, 3.63) is 48.0 Å². The number of aromatic nitrogens is 3. The van der Waals surface area contributed by atoms with Gasteiger partial charge in [-0.3, -0.25) is 14.5 Å². The Labute approximate surface area is 159 Å². The molecule has 2 amide bonds. The smallest absolute Gasteiger partial charge is 0.237 e. The summed E-state index contributed by atoms with van der Waals surface area (Å²) in [6.45, 7) is 5.18. The summed E-state index contributed by atoms with van der Waals surface area (Å²) in [5.74, 6) is 0.460. The van der Waals surface area contributed by atoms with Gasteiger partial charge in [-0.15, -0.1) is 10.2 Å². The summed E-state index contributed by atoms with van der Waals surface area (Å²) in [5.41, 5.74) is 1.13. The monoisotopic (exact) mass is 370 g/mol. The maximum absolute atomic E-state index is 12.4. The Hall–Kier alpha value is -2.74. The molecule has 0 radical (unpaired) electrons. The fourth-order valence-corrected chi connectivity index (χ4v) is 3.26. The molecule has 1 aromatic carbocycles. The Morgan fingerprint density at radius 1 is 1.33 bits per heavy atom. The van der Waals surface area contributed by atoms with Gasteiger partial charge in [0.1, 0.15) is 6.33 Å². The number of carbonyl (C=O) groups is 2. The number of nitrogens with zero attached hydrogens (tertiary/aromatic N) is 4. The van der Waals surface area contributed by atoms with E-state index in [0.717, 1.165) is 30.9 Å². The molecule has 0 saturated carbocycles. The number of benzene rings is 1. The third-order valence-electron chi connectivity index (χ3n) is 4.65. The minimum Gasteiger partial charge on any atom is -0.353 e. The zero-order valence-corrected chi connectivity index (χ0v) is 15.6. The predicted molar refractivity (Wildman–Crippen MR) is 100 cm³/mol. The number of rotatable bonds is 8. The standard InChI is InChI=1S/C19H26N6O2/c1-2-9-25-14-22-23-17(25)12-21-18(26)11-16-19(27)20-8-10-24(16)13-15-6-4-3-5-7-15/h3-7,14,16H,2,8-13H2,1H3,(H,20,27)(H,21,26)/t16-/m0/s1. The fraction of sp³-hybridized carbons (Fsp3) is 0.474. The molecule has 0 unspecified atom stereocenters. The molecule has 27 heavy (non-hydrogen) atoms. The van der Waals surface area contributed by atoms with Gasteiger partial charge >= 0.3 is 0 Å². The lowest BCUT2D eigenvalue weighted by Crippen LogP contribution is -2.56. The quantitative estimate of drug-likeness (QED) is 0.713. The summed E-state index contributed by atoms with van der Waals surface area (Å²) in [7, 11) is 0. The van der Waals surface area contributed by atoms with Crippen molar-refractivity contribution in [2.45, 2.75) is 45.4 Å². The van der Waals surface area contributed by atoms with Gasteiger partial charge in [0.05, 0.1) is 19.0 Å². The van der Waals surface area contributed by atoms with Crippen LogP contribution in [0.5, 0.6) is 0 Å². The Morgan fingerprint density at radius 3 is 2.93 bits per heavy atom. The number of piperazine rings is 1. The molecule has 2 N–H and O–H groups in total. The van der Waals surface area contributed by atoms with Gasteiger partial charge in [-0.05, 0) is 12.0 Å². The van der Waals surface area contributed by atoms with E-state index in [9.17, 15) is 9.59 Å². The molecule has 1 fully saturated rings. The topological polar surface area (TPSA) is 92.1 Å². The van der Waals surface area contributed by atoms with Crippen LogP contribution >= 0.6 is 0 Å². The molecule has 0 bridgehead atoms. The molecular weight excluding hydrogens is 344 g/mol. The van der Waals surface area contributed by atoms with E-state index in [1.807, 2.05) is 34.9 Å². The second-order valence-corrected chi connectivity index (χ2v) is 6.68. The lowest BCUT2D eigenvalue weighted by molar-refractivity contribution is -0.134. The van der Waals surface area contributed by atoms with Crippen LogP contribution in [0, 0.1) is 0 Å². The fourth-order valence-electron chi connectivity index (χ4n) is 3.26. The molecule has 8 nitrogen and oxygen atoms in total. The van der Waals surface area contributed by atoms with Crippen molar-refractivity contribution >= 4 is 11.8 Å².